The molecule has 0 aliphatic carbocycles. The summed E-state index contributed by atoms with van der Waals surface area (Å²) in [6.45, 7) is 4.07. The van der Waals surface area contributed by atoms with E-state index in [-0.39, 0.29) is 0 Å². The van der Waals surface area contributed by atoms with E-state index in [1.54, 1.807) is 0 Å². The average molecular weight is 226 g/mol. The van der Waals surface area contributed by atoms with Crippen LogP contribution in [0.15, 0.2) is 17.5 Å². The number of hydrogen-bond donors (Lipinski definition) is 0. The molecular formula is C13H22OS. The van der Waals surface area contributed by atoms with Gasteiger partial charge in [0.15, 0.2) is 0 Å². The monoisotopic (exact) mass is 226 g/mol. The van der Waals surface area contributed by atoms with Gasteiger partial charge >= 0.3 is 0 Å². The summed E-state index contributed by atoms with van der Waals surface area (Å²) in [6, 6.07) is 4.28. The zero-order valence-corrected chi connectivity index (χ0v) is 10.5. The molecule has 0 aliphatic rings. The summed E-state index contributed by atoms with van der Waals surface area (Å²) in [4.78, 5) is 1.43. The van der Waals surface area contributed by atoms with Gasteiger partial charge in [0.25, 0.3) is 0 Å². The maximum atomic E-state index is 5.59. The quantitative estimate of drug-likeness (QED) is 0.571. The van der Waals surface area contributed by atoms with Crippen LogP contribution in [0.25, 0.3) is 0 Å². The predicted molar refractivity (Wildman–Crippen MR) is 67.6 cm³/mol. The Morgan fingerprint density at radius 1 is 1.13 bits per heavy atom. The van der Waals surface area contributed by atoms with E-state index < -0.39 is 0 Å². The molecule has 0 saturated carbocycles. The fourth-order valence-electron chi connectivity index (χ4n) is 1.54. The summed E-state index contributed by atoms with van der Waals surface area (Å²) in [6.07, 6.45) is 7.68. The Hall–Kier alpha value is -0.340. The third kappa shape index (κ3) is 6.69. The lowest BCUT2D eigenvalue weighted by molar-refractivity contribution is 0.133. The van der Waals surface area contributed by atoms with Crippen LogP contribution in [-0.2, 0) is 11.2 Å². The fraction of sp³-hybridized carbons (Fsp3) is 0.692. The highest BCUT2D eigenvalue weighted by atomic mass is 32.1. The summed E-state index contributed by atoms with van der Waals surface area (Å²) in [5.41, 5.74) is 0. The van der Waals surface area contributed by atoms with Crippen molar-refractivity contribution in [2.24, 2.45) is 0 Å². The van der Waals surface area contributed by atoms with Crippen molar-refractivity contribution in [2.75, 3.05) is 13.2 Å². The molecule has 0 saturated heterocycles. The molecule has 0 N–H and O–H groups in total. The van der Waals surface area contributed by atoms with Crippen LogP contribution in [0.3, 0.4) is 0 Å². The Balaban J connectivity index is 1.81. The van der Waals surface area contributed by atoms with Gasteiger partial charge in [0.2, 0.25) is 0 Å². The lowest BCUT2D eigenvalue weighted by atomic mass is 10.2. The van der Waals surface area contributed by atoms with E-state index in [9.17, 15) is 0 Å². The number of unbranched alkanes of at least 4 members (excludes halogenated alkanes) is 4. The highest BCUT2D eigenvalue weighted by Gasteiger charge is 1.94. The molecule has 0 aliphatic heterocycles. The SMILES string of the molecule is CCCCCCCOCCc1cccs1. The summed E-state index contributed by atoms with van der Waals surface area (Å²) < 4.78 is 5.59. The number of ether oxygens (including phenoxy) is 1. The molecule has 15 heavy (non-hydrogen) atoms. The lowest BCUT2D eigenvalue weighted by Crippen LogP contribution is -1.99. The average Bonchev–Trinajstić information content (AvgIpc) is 2.75. The van der Waals surface area contributed by atoms with Crippen molar-refractivity contribution in [1.82, 2.24) is 0 Å². The molecule has 1 rings (SSSR count). The Bertz CT molecular complexity index is 218. The van der Waals surface area contributed by atoms with Gasteiger partial charge in [-0.15, -0.1) is 11.3 Å². The Labute approximate surface area is 97.5 Å². The topological polar surface area (TPSA) is 9.23 Å². The number of hydrogen-bond acceptors (Lipinski definition) is 2. The number of thiophene rings is 1. The predicted octanol–water partition coefficient (Wildman–Crippen LogP) is 4.28. The van der Waals surface area contributed by atoms with Crippen molar-refractivity contribution < 1.29 is 4.74 Å². The number of rotatable bonds is 9. The van der Waals surface area contributed by atoms with Crippen LogP contribution in [-0.4, -0.2) is 13.2 Å². The largest absolute Gasteiger partial charge is 0.381 e. The van der Waals surface area contributed by atoms with Crippen LogP contribution in [0.2, 0.25) is 0 Å². The minimum Gasteiger partial charge on any atom is -0.381 e. The van der Waals surface area contributed by atoms with E-state index in [0.29, 0.717) is 0 Å². The molecule has 1 aromatic rings. The van der Waals surface area contributed by atoms with Gasteiger partial charge in [-0.05, 0) is 17.9 Å². The van der Waals surface area contributed by atoms with Crippen LogP contribution < -0.4 is 0 Å². The molecule has 1 nitrogen and oxygen atoms in total. The van der Waals surface area contributed by atoms with Gasteiger partial charge < -0.3 is 4.74 Å². The molecule has 0 bridgehead atoms. The lowest BCUT2D eigenvalue weighted by Gasteiger charge is -2.02. The third-order valence-corrected chi connectivity index (χ3v) is 3.40. The Morgan fingerprint density at radius 2 is 2.00 bits per heavy atom. The Morgan fingerprint density at radius 3 is 2.73 bits per heavy atom. The van der Waals surface area contributed by atoms with Crippen LogP contribution in [0.5, 0.6) is 0 Å². The first kappa shape index (κ1) is 12.7. The second-order valence-electron chi connectivity index (χ2n) is 3.86. The highest BCUT2D eigenvalue weighted by Crippen LogP contribution is 2.09. The van der Waals surface area contributed by atoms with Crippen LogP contribution >= 0.6 is 11.3 Å². The molecule has 0 radical (unpaired) electrons. The minimum atomic E-state index is 0.883. The van der Waals surface area contributed by atoms with Gasteiger partial charge in [-0.1, -0.05) is 38.7 Å². The summed E-state index contributed by atoms with van der Waals surface area (Å²) >= 11 is 1.82. The molecule has 0 atom stereocenters. The smallest absolute Gasteiger partial charge is 0.0514 e. The zero-order chi connectivity index (χ0) is 10.8. The Kier molecular flexibility index (Phi) is 7.58. The maximum absolute atomic E-state index is 5.59. The standard InChI is InChI=1S/C13H22OS/c1-2-3-4-5-6-10-14-11-9-13-8-7-12-15-13/h7-8,12H,2-6,9-11H2,1H3. The molecule has 1 aromatic heterocycles. The van der Waals surface area contributed by atoms with Crippen molar-refractivity contribution >= 4 is 11.3 Å². The first-order valence-corrected chi connectivity index (χ1v) is 6.91. The van der Waals surface area contributed by atoms with Gasteiger partial charge in [-0.3, -0.25) is 0 Å². The third-order valence-electron chi connectivity index (χ3n) is 2.47. The van der Waals surface area contributed by atoms with Gasteiger partial charge in [-0.25, -0.2) is 0 Å². The normalized spacial score (nSPS) is 10.7. The van der Waals surface area contributed by atoms with E-state index >= 15 is 0 Å². The zero-order valence-electron chi connectivity index (χ0n) is 9.71. The molecule has 2 heteroatoms. The molecular weight excluding hydrogens is 204 g/mol. The van der Waals surface area contributed by atoms with Crippen molar-refractivity contribution in [1.29, 1.82) is 0 Å². The van der Waals surface area contributed by atoms with Crippen molar-refractivity contribution in [3.8, 4) is 0 Å². The van der Waals surface area contributed by atoms with Gasteiger partial charge in [-0.2, -0.15) is 0 Å². The van der Waals surface area contributed by atoms with Gasteiger partial charge in [0, 0.05) is 17.9 Å². The maximum Gasteiger partial charge on any atom is 0.0514 e. The highest BCUT2D eigenvalue weighted by molar-refractivity contribution is 7.09. The van der Waals surface area contributed by atoms with E-state index in [1.807, 2.05) is 11.3 Å². The van der Waals surface area contributed by atoms with Crippen LogP contribution in [0.4, 0.5) is 0 Å². The van der Waals surface area contributed by atoms with Crippen LogP contribution in [0, 0.1) is 0 Å². The second kappa shape index (κ2) is 8.93. The van der Waals surface area contributed by atoms with Gasteiger partial charge in [0.1, 0.15) is 0 Å². The fourth-order valence-corrected chi connectivity index (χ4v) is 2.23. The minimum absolute atomic E-state index is 0.883. The molecule has 1 heterocycles. The molecule has 0 fully saturated rings. The van der Waals surface area contributed by atoms with Crippen LogP contribution in [0.1, 0.15) is 43.9 Å². The summed E-state index contributed by atoms with van der Waals surface area (Å²) in [5.74, 6) is 0. The molecule has 86 valence electrons. The molecule has 0 aromatic carbocycles. The van der Waals surface area contributed by atoms with Crippen molar-refractivity contribution in [3.63, 3.8) is 0 Å². The summed E-state index contributed by atoms with van der Waals surface area (Å²) in [7, 11) is 0. The van der Waals surface area contributed by atoms with Crippen molar-refractivity contribution in [3.05, 3.63) is 22.4 Å². The molecule has 0 amide bonds. The molecule has 0 unspecified atom stereocenters. The molecule has 0 spiro atoms. The van der Waals surface area contributed by atoms with E-state index in [4.69, 9.17) is 4.74 Å². The van der Waals surface area contributed by atoms with Gasteiger partial charge in [0.05, 0.1) is 6.61 Å². The van der Waals surface area contributed by atoms with Crippen molar-refractivity contribution in [2.45, 2.75) is 45.4 Å². The van der Waals surface area contributed by atoms with E-state index in [0.717, 1.165) is 19.6 Å². The van der Waals surface area contributed by atoms with E-state index in [1.165, 1.54) is 37.0 Å². The summed E-state index contributed by atoms with van der Waals surface area (Å²) in [5, 5.41) is 2.13. The first-order chi connectivity index (χ1) is 7.43. The first-order valence-electron chi connectivity index (χ1n) is 6.03. The van der Waals surface area contributed by atoms with E-state index in [2.05, 4.69) is 24.4 Å². The second-order valence-corrected chi connectivity index (χ2v) is 4.89.